The summed E-state index contributed by atoms with van der Waals surface area (Å²) >= 11 is 0. The molecule has 0 bridgehead atoms. The molecule has 1 amide bonds. The highest BCUT2D eigenvalue weighted by molar-refractivity contribution is 5.85. The second kappa shape index (κ2) is 8.58. The van der Waals surface area contributed by atoms with Gasteiger partial charge >= 0.3 is 0 Å². The van der Waals surface area contributed by atoms with Gasteiger partial charge in [0.2, 0.25) is 5.91 Å². The van der Waals surface area contributed by atoms with E-state index in [0.717, 1.165) is 38.4 Å². The van der Waals surface area contributed by atoms with Crippen molar-refractivity contribution in [3.05, 3.63) is 29.8 Å². The predicted octanol–water partition coefficient (Wildman–Crippen LogP) is 1.49. The van der Waals surface area contributed by atoms with Crippen molar-refractivity contribution in [3.8, 4) is 0 Å². The zero-order chi connectivity index (χ0) is 14.8. The number of benzene rings is 1. The first-order valence-corrected chi connectivity index (χ1v) is 7.01. The topological polar surface area (TPSA) is 75.6 Å². The molecule has 1 saturated heterocycles. The average molecular weight is 349 g/mol. The van der Waals surface area contributed by atoms with Crippen LogP contribution in [0.2, 0.25) is 0 Å². The van der Waals surface area contributed by atoms with Crippen LogP contribution >= 0.6 is 24.8 Å². The Morgan fingerprint density at radius 2 is 1.77 bits per heavy atom. The van der Waals surface area contributed by atoms with Crippen molar-refractivity contribution >= 4 is 36.4 Å². The Morgan fingerprint density at radius 1 is 1.18 bits per heavy atom. The van der Waals surface area contributed by atoms with Gasteiger partial charge in [0, 0.05) is 38.4 Å². The lowest BCUT2D eigenvalue weighted by Gasteiger charge is -2.42. The van der Waals surface area contributed by atoms with E-state index >= 15 is 0 Å². The lowest BCUT2D eigenvalue weighted by Crippen LogP contribution is -2.59. The van der Waals surface area contributed by atoms with E-state index in [4.69, 9.17) is 11.5 Å². The van der Waals surface area contributed by atoms with E-state index in [1.54, 1.807) is 0 Å². The van der Waals surface area contributed by atoms with Crippen LogP contribution in [0.25, 0.3) is 0 Å². The number of nitrogen functional groups attached to an aromatic ring is 1. The maximum Gasteiger partial charge on any atom is 0.237 e. The first-order valence-electron chi connectivity index (χ1n) is 7.01. The molecule has 1 aliphatic heterocycles. The molecule has 0 saturated carbocycles. The minimum atomic E-state index is -0.566. The van der Waals surface area contributed by atoms with E-state index in [1.807, 2.05) is 32.0 Å². The summed E-state index contributed by atoms with van der Waals surface area (Å²) in [4.78, 5) is 16.0. The van der Waals surface area contributed by atoms with Crippen molar-refractivity contribution in [1.29, 1.82) is 0 Å². The van der Waals surface area contributed by atoms with Gasteiger partial charge in [0.05, 0.1) is 5.54 Å². The van der Waals surface area contributed by atoms with Crippen LogP contribution in [-0.4, -0.2) is 47.4 Å². The highest BCUT2D eigenvalue weighted by atomic mass is 35.5. The number of halogens is 2. The number of primary amides is 1. The highest BCUT2D eigenvalue weighted by Crippen LogP contribution is 2.18. The Balaban J connectivity index is 0.00000220. The maximum atomic E-state index is 11.5. The SMILES string of the molecule is CC(C)(C(N)=O)N1CCN(Cc2cccc(N)c2)CC1.Cl.Cl. The Morgan fingerprint density at radius 3 is 2.27 bits per heavy atom. The molecule has 1 fully saturated rings. The van der Waals surface area contributed by atoms with Gasteiger partial charge < -0.3 is 11.5 Å². The summed E-state index contributed by atoms with van der Waals surface area (Å²) in [6, 6.07) is 7.99. The van der Waals surface area contributed by atoms with Gasteiger partial charge in [-0.1, -0.05) is 12.1 Å². The number of nitrogens with zero attached hydrogens (tertiary/aromatic N) is 2. The first-order chi connectivity index (χ1) is 9.39. The Labute approximate surface area is 144 Å². The Hall–Kier alpha value is -1.01. The molecule has 0 atom stereocenters. The smallest absolute Gasteiger partial charge is 0.237 e. The van der Waals surface area contributed by atoms with Crippen LogP contribution in [0.4, 0.5) is 5.69 Å². The zero-order valence-corrected chi connectivity index (χ0v) is 14.8. The number of carbonyl (C=O) groups is 1. The summed E-state index contributed by atoms with van der Waals surface area (Å²) in [5.41, 5.74) is 12.7. The van der Waals surface area contributed by atoms with Crippen LogP contribution in [0.5, 0.6) is 0 Å². The molecule has 2 rings (SSSR count). The van der Waals surface area contributed by atoms with Crippen molar-refractivity contribution < 1.29 is 4.79 Å². The second-order valence-electron chi connectivity index (χ2n) is 5.93. The standard InChI is InChI=1S/C15H24N4O.2ClH/c1-15(2,14(17)20)19-8-6-18(7-9-19)11-12-4-3-5-13(16)10-12;;/h3-5,10H,6-9,11,16H2,1-2H3,(H2,17,20);2*1H. The molecule has 4 N–H and O–H groups in total. The summed E-state index contributed by atoms with van der Waals surface area (Å²) in [5.74, 6) is -0.262. The number of amides is 1. The molecule has 126 valence electrons. The van der Waals surface area contributed by atoms with E-state index in [0.29, 0.717) is 0 Å². The largest absolute Gasteiger partial charge is 0.399 e. The van der Waals surface area contributed by atoms with Gasteiger partial charge in [0.1, 0.15) is 0 Å². The van der Waals surface area contributed by atoms with E-state index in [2.05, 4.69) is 15.9 Å². The van der Waals surface area contributed by atoms with Crippen LogP contribution in [0.3, 0.4) is 0 Å². The van der Waals surface area contributed by atoms with Crippen LogP contribution in [-0.2, 0) is 11.3 Å². The quantitative estimate of drug-likeness (QED) is 0.808. The summed E-state index contributed by atoms with van der Waals surface area (Å²) in [5, 5.41) is 0. The third kappa shape index (κ3) is 5.02. The number of anilines is 1. The van der Waals surface area contributed by atoms with Crippen LogP contribution in [0, 0.1) is 0 Å². The number of carbonyl (C=O) groups excluding carboxylic acids is 1. The molecule has 0 unspecified atom stereocenters. The van der Waals surface area contributed by atoms with E-state index < -0.39 is 5.54 Å². The van der Waals surface area contributed by atoms with Gasteiger partial charge in [-0.05, 0) is 31.5 Å². The number of hydrogen-bond acceptors (Lipinski definition) is 4. The van der Waals surface area contributed by atoms with Gasteiger partial charge in [-0.2, -0.15) is 0 Å². The van der Waals surface area contributed by atoms with Crippen molar-refractivity contribution in [2.75, 3.05) is 31.9 Å². The third-order valence-electron chi connectivity index (χ3n) is 4.12. The number of rotatable bonds is 4. The van der Waals surface area contributed by atoms with Gasteiger partial charge in [0.15, 0.2) is 0 Å². The van der Waals surface area contributed by atoms with Crippen LogP contribution in [0.1, 0.15) is 19.4 Å². The minimum absolute atomic E-state index is 0. The molecule has 0 spiro atoms. The molecule has 0 radical (unpaired) electrons. The van der Waals surface area contributed by atoms with Gasteiger partial charge in [-0.3, -0.25) is 14.6 Å². The van der Waals surface area contributed by atoms with Crippen LogP contribution < -0.4 is 11.5 Å². The molecule has 0 aliphatic carbocycles. The summed E-state index contributed by atoms with van der Waals surface area (Å²) in [6.07, 6.45) is 0. The first kappa shape index (κ1) is 21.0. The molecule has 7 heteroatoms. The molecule has 1 aromatic rings. The molecular formula is C15H26Cl2N4O. The minimum Gasteiger partial charge on any atom is -0.399 e. The van der Waals surface area contributed by atoms with Crippen molar-refractivity contribution in [2.24, 2.45) is 5.73 Å². The number of piperazine rings is 1. The third-order valence-corrected chi connectivity index (χ3v) is 4.12. The molecular weight excluding hydrogens is 323 g/mol. The van der Waals surface area contributed by atoms with E-state index in [9.17, 15) is 4.79 Å². The molecule has 1 heterocycles. The molecule has 1 aromatic carbocycles. The number of nitrogens with two attached hydrogens (primary N) is 2. The summed E-state index contributed by atoms with van der Waals surface area (Å²) in [7, 11) is 0. The van der Waals surface area contributed by atoms with Crippen molar-refractivity contribution in [3.63, 3.8) is 0 Å². The fraction of sp³-hybridized carbons (Fsp3) is 0.533. The van der Waals surface area contributed by atoms with Gasteiger partial charge in [0.25, 0.3) is 0 Å². The van der Waals surface area contributed by atoms with Crippen molar-refractivity contribution in [1.82, 2.24) is 9.80 Å². The lowest BCUT2D eigenvalue weighted by atomic mass is 10.0. The van der Waals surface area contributed by atoms with Gasteiger partial charge in [-0.15, -0.1) is 24.8 Å². The predicted molar refractivity (Wildman–Crippen MR) is 95.5 cm³/mol. The molecule has 0 aromatic heterocycles. The summed E-state index contributed by atoms with van der Waals surface area (Å²) in [6.45, 7) is 8.27. The van der Waals surface area contributed by atoms with Crippen molar-refractivity contribution in [2.45, 2.75) is 25.9 Å². The molecule has 1 aliphatic rings. The van der Waals surface area contributed by atoms with E-state index in [-0.39, 0.29) is 30.7 Å². The van der Waals surface area contributed by atoms with E-state index in [1.165, 1.54) is 5.56 Å². The zero-order valence-electron chi connectivity index (χ0n) is 13.1. The Bertz CT molecular complexity index is 488. The molecule has 22 heavy (non-hydrogen) atoms. The molecule has 5 nitrogen and oxygen atoms in total. The monoisotopic (exact) mass is 348 g/mol. The average Bonchev–Trinajstić information content (AvgIpc) is 2.39. The fourth-order valence-corrected chi connectivity index (χ4v) is 2.57. The summed E-state index contributed by atoms with van der Waals surface area (Å²) < 4.78 is 0. The lowest BCUT2D eigenvalue weighted by molar-refractivity contribution is -0.129. The normalized spacial score (nSPS) is 16.5. The fourth-order valence-electron chi connectivity index (χ4n) is 2.57. The van der Waals surface area contributed by atoms with Gasteiger partial charge in [-0.25, -0.2) is 0 Å². The van der Waals surface area contributed by atoms with Crippen LogP contribution in [0.15, 0.2) is 24.3 Å². The Kier molecular flexibility index (Phi) is 8.18. The second-order valence-corrected chi connectivity index (χ2v) is 5.93. The maximum absolute atomic E-state index is 11.5. The number of hydrogen-bond donors (Lipinski definition) is 2. The highest BCUT2D eigenvalue weighted by Gasteiger charge is 2.34.